The molecule has 1 atom stereocenters. The summed E-state index contributed by atoms with van der Waals surface area (Å²) in [7, 11) is 3.28. The molecule has 1 unspecified atom stereocenters. The first kappa shape index (κ1) is 15.0. The first-order valence-corrected chi connectivity index (χ1v) is 6.14. The van der Waals surface area contributed by atoms with Crippen LogP contribution < -0.4 is 4.74 Å². The molecule has 102 valence electrons. The molecule has 0 radical (unpaired) electrons. The Morgan fingerprint density at radius 2 is 1.83 bits per heavy atom. The molecule has 0 bridgehead atoms. The summed E-state index contributed by atoms with van der Waals surface area (Å²) in [6, 6.07) is 7.88. The van der Waals surface area contributed by atoms with E-state index in [1.807, 2.05) is 24.3 Å². The number of aliphatic hydroxyl groups excluding tert-OH is 1. The number of benzene rings is 1. The number of aliphatic hydroxyl groups is 1. The molecule has 1 aromatic rings. The first-order valence-electron chi connectivity index (χ1n) is 6.14. The van der Waals surface area contributed by atoms with Crippen molar-refractivity contribution in [2.45, 2.75) is 18.9 Å². The lowest BCUT2D eigenvalue weighted by atomic mass is 10.1. The van der Waals surface area contributed by atoms with Crippen LogP contribution >= 0.6 is 0 Å². The van der Waals surface area contributed by atoms with E-state index in [1.165, 1.54) is 5.56 Å². The lowest BCUT2D eigenvalue weighted by Crippen LogP contribution is -2.17. The lowest BCUT2D eigenvalue weighted by molar-refractivity contribution is 0.0106. The Balaban J connectivity index is 2.18. The maximum Gasteiger partial charge on any atom is 0.118 e. The van der Waals surface area contributed by atoms with E-state index in [0.29, 0.717) is 26.2 Å². The van der Waals surface area contributed by atoms with Crippen molar-refractivity contribution in [3.63, 3.8) is 0 Å². The Morgan fingerprint density at radius 3 is 2.44 bits per heavy atom. The van der Waals surface area contributed by atoms with Gasteiger partial charge in [-0.15, -0.1) is 0 Å². The molecule has 0 amide bonds. The van der Waals surface area contributed by atoms with Crippen LogP contribution in [0.15, 0.2) is 24.3 Å². The van der Waals surface area contributed by atoms with Crippen LogP contribution in [0.4, 0.5) is 0 Å². The van der Waals surface area contributed by atoms with Crippen molar-refractivity contribution >= 4 is 0 Å². The van der Waals surface area contributed by atoms with Crippen LogP contribution in [-0.4, -0.2) is 45.3 Å². The number of rotatable bonds is 9. The van der Waals surface area contributed by atoms with Gasteiger partial charge in [0.25, 0.3) is 0 Å². The van der Waals surface area contributed by atoms with Crippen LogP contribution in [0.3, 0.4) is 0 Å². The largest absolute Gasteiger partial charge is 0.497 e. The number of ether oxygens (including phenoxy) is 3. The summed E-state index contributed by atoms with van der Waals surface area (Å²) >= 11 is 0. The molecule has 4 nitrogen and oxygen atoms in total. The molecule has 0 aromatic heterocycles. The van der Waals surface area contributed by atoms with Crippen LogP contribution in [0, 0.1) is 0 Å². The van der Waals surface area contributed by atoms with E-state index in [0.717, 1.165) is 12.2 Å². The topological polar surface area (TPSA) is 47.9 Å². The molecule has 1 rings (SSSR count). The Morgan fingerprint density at radius 1 is 1.11 bits per heavy atom. The minimum atomic E-state index is -0.427. The van der Waals surface area contributed by atoms with Gasteiger partial charge in [0.15, 0.2) is 0 Å². The fraction of sp³-hybridized carbons (Fsp3) is 0.571. The van der Waals surface area contributed by atoms with Gasteiger partial charge < -0.3 is 19.3 Å². The summed E-state index contributed by atoms with van der Waals surface area (Å²) in [6.45, 7) is 1.45. The number of aryl methyl sites for hydroxylation is 1. The zero-order valence-corrected chi connectivity index (χ0v) is 11.1. The van der Waals surface area contributed by atoms with Crippen LogP contribution in [0.25, 0.3) is 0 Å². The van der Waals surface area contributed by atoms with Crippen molar-refractivity contribution in [2.75, 3.05) is 34.0 Å². The third kappa shape index (κ3) is 6.00. The first-order chi connectivity index (χ1) is 8.76. The summed E-state index contributed by atoms with van der Waals surface area (Å²) in [5.41, 5.74) is 1.19. The van der Waals surface area contributed by atoms with Crippen molar-refractivity contribution in [3.8, 4) is 5.75 Å². The summed E-state index contributed by atoms with van der Waals surface area (Å²) in [5.74, 6) is 0.849. The smallest absolute Gasteiger partial charge is 0.118 e. The maximum absolute atomic E-state index is 9.72. The summed E-state index contributed by atoms with van der Waals surface area (Å²) < 4.78 is 15.2. The average Bonchev–Trinajstić information content (AvgIpc) is 2.42. The molecule has 0 saturated carbocycles. The second-order valence-corrected chi connectivity index (χ2v) is 4.11. The Labute approximate surface area is 108 Å². The average molecular weight is 254 g/mol. The van der Waals surface area contributed by atoms with E-state index in [-0.39, 0.29) is 0 Å². The second-order valence-electron chi connectivity index (χ2n) is 4.11. The van der Waals surface area contributed by atoms with Gasteiger partial charge in [0, 0.05) is 7.11 Å². The molecule has 0 saturated heterocycles. The molecule has 0 heterocycles. The molecule has 0 spiro atoms. The van der Waals surface area contributed by atoms with E-state index >= 15 is 0 Å². The summed E-state index contributed by atoms with van der Waals surface area (Å²) in [6.07, 6.45) is 1.10. The van der Waals surface area contributed by atoms with Crippen molar-refractivity contribution in [1.29, 1.82) is 0 Å². The highest BCUT2D eigenvalue weighted by Gasteiger charge is 2.05. The third-order valence-electron chi connectivity index (χ3n) is 2.67. The normalized spacial score (nSPS) is 12.4. The van der Waals surface area contributed by atoms with E-state index in [9.17, 15) is 5.11 Å². The summed E-state index contributed by atoms with van der Waals surface area (Å²) in [4.78, 5) is 0. The van der Waals surface area contributed by atoms with Crippen molar-refractivity contribution in [2.24, 2.45) is 0 Å². The van der Waals surface area contributed by atoms with E-state index in [4.69, 9.17) is 14.2 Å². The highest BCUT2D eigenvalue weighted by atomic mass is 16.5. The zero-order chi connectivity index (χ0) is 13.2. The van der Waals surface area contributed by atoms with Gasteiger partial charge in [0.1, 0.15) is 5.75 Å². The molecular formula is C14H22O4. The standard InChI is InChI=1S/C14H22O4/c1-16-9-10-18-11-13(15)6-3-12-4-7-14(17-2)8-5-12/h4-5,7-8,13,15H,3,6,9-11H2,1-2H3. The van der Waals surface area contributed by atoms with E-state index in [1.54, 1.807) is 14.2 Å². The van der Waals surface area contributed by atoms with Crippen molar-refractivity contribution < 1.29 is 19.3 Å². The van der Waals surface area contributed by atoms with Crippen LogP contribution in [0.2, 0.25) is 0 Å². The van der Waals surface area contributed by atoms with Crippen LogP contribution in [0.5, 0.6) is 5.75 Å². The Bertz CT molecular complexity index is 310. The van der Waals surface area contributed by atoms with Crippen molar-refractivity contribution in [3.05, 3.63) is 29.8 Å². The van der Waals surface area contributed by atoms with Gasteiger partial charge in [-0.3, -0.25) is 0 Å². The minimum Gasteiger partial charge on any atom is -0.497 e. The third-order valence-corrected chi connectivity index (χ3v) is 2.67. The molecular weight excluding hydrogens is 232 g/mol. The number of hydrogen-bond donors (Lipinski definition) is 1. The van der Waals surface area contributed by atoms with E-state index in [2.05, 4.69) is 0 Å². The molecule has 1 aromatic carbocycles. The maximum atomic E-state index is 9.72. The molecule has 0 aliphatic rings. The van der Waals surface area contributed by atoms with Gasteiger partial charge in [-0.05, 0) is 30.5 Å². The van der Waals surface area contributed by atoms with Gasteiger partial charge in [0.05, 0.1) is 33.0 Å². The molecule has 18 heavy (non-hydrogen) atoms. The Hall–Kier alpha value is -1.10. The highest BCUT2D eigenvalue weighted by molar-refractivity contribution is 5.27. The predicted molar refractivity (Wildman–Crippen MR) is 70.0 cm³/mol. The van der Waals surface area contributed by atoms with Crippen LogP contribution in [-0.2, 0) is 15.9 Å². The monoisotopic (exact) mass is 254 g/mol. The van der Waals surface area contributed by atoms with Gasteiger partial charge in [0.2, 0.25) is 0 Å². The number of hydrogen-bond acceptors (Lipinski definition) is 4. The second kappa shape index (κ2) is 8.91. The lowest BCUT2D eigenvalue weighted by Gasteiger charge is -2.11. The Kier molecular flexibility index (Phi) is 7.41. The summed E-state index contributed by atoms with van der Waals surface area (Å²) in [5, 5.41) is 9.72. The quantitative estimate of drug-likeness (QED) is 0.681. The number of methoxy groups -OCH3 is 2. The minimum absolute atomic E-state index is 0.361. The van der Waals surface area contributed by atoms with Gasteiger partial charge in [-0.25, -0.2) is 0 Å². The molecule has 0 aliphatic carbocycles. The zero-order valence-electron chi connectivity index (χ0n) is 11.1. The SMILES string of the molecule is COCCOCC(O)CCc1ccc(OC)cc1. The molecule has 0 aliphatic heterocycles. The molecule has 0 fully saturated rings. The fourth-order valence-electron chi connectivity index (χ4n) is 1.57. The van der Waals surface area contributed by atoms with E-state index < -0.39 is 6.10 Å². The molecule has 4 heteroatoms. The van der Waals surface area contributed by atoms with Crippen molar-refractivity contribution in [1.82, 2.24) is 0 Å². The fourth-order valence-corrected chi connectivity index (χ4v) is 1.57. The van der Waals surface area contributed by atoms with Gasteiger partial charge in [-0.1, -0.05) is 12.1 Å². The predicted octanol–water partition coefficient (Wildman–Crippen LogP) is 1.65. The highest BCUT2D eigenvalue weighted by Crippen LogP contribution is 2.13. The van der Waals surface area contributed by atoms with Gasteiger partial charge in [-0.2, -0.15) is 0 Å². The van der Waals surface area contributed by atoms with Gasteiger partial charge >= 0.3 is 0 Å². The molecule has 1 N–H and O–H groups in total. The van der Waals surface area contributed by atoms with Crippen LogP contribution in [0.1, 0.15) is 12.0 Å².